The van der Waals surface area contributed by atoms with E-state index >= 15 is 0 Å². The van der Waals surface area contributed by atoms with Gasteiger partial charge in [0.15, 0.2) is 0 Å². The van der Waals surface area contributed by atoms with Crippen molar-refractivity contribution in [3.8, 4) is 0 Å². The molecule has 1 rings (SSSR count). The van der Waals surface area contributed by atoms with Gasteiger partial charge in [-0.1, -0.05) is 101 Å². The highest BCUT2D eigenvalue weighted by Gasteiger charge is 2.22. The summed E-state index contributed by atoms with van der Waals surface area (Å²) >= 11 is 0. The minimum Gasteiger partial charge on any atom is -1.00 e. The van der Waals surface area contributed by atoms with E-state index in [2.05, 4.69) is 51.1 Å². The molecule has 2 nitrogen and oxygen atoms in total. The van der Waals surface area contributed by atoms with Crippen LogP contribution in [-0.4, -0.2) is 50.2 Å². The number of nitrogens with zero attached hydrogens (tertiary/aromatic N) is 2. The molecule has 0 fully saturated rings. The molecule has 0 saturated carbocycles. The van der Waals surface area contributed by atoms with E-state index < -0.39 is 0 Å². The fraction of sp³-hybridized carbons (Fsp3) is 0.786. The topological polar surface area (TPSA) is 3.24 Å². The summed E-state index contributed by atoms with van der Waals surface area (Å²) in [6.45, 7) is 12.1. The highest BCUT2D eigenvalue weighted by atomic mass is 79.9. The van der Waals surface area contributed by atoms with Crippen molar-refractivity contribution in [3.63, 3.8) is 0 Å². The molecule has 1 aromatic carbocycles. The van der Waals surface area contributed by atoms with Crippen LogP contribution < -0.4 is 17.0 Å². The Morgan fingerprint density at radius 1 is 0.625 bits per heavy atom. The minimum absolute atomic E-state index is 0. The Labute approximate surface area is 219 Å². The molecule has 0 bridgehead atoms. The number of rotatable bonds is 17. The first-order valence-corrected chi connectivity index (χ1v) is 13.0. The third kappa shape index (κ3) is 21.7. The summed E-state index contributed by atoms with van der Waals surface area (Å²) in [4.78, 5) is 2.00. The Bertz CT molecular complexity index is 461. The van der Waals surface area contributed by atoms with Crippen LogP contribution in [0.1, 0.15) is 103 Å². The lowest BCUT2D eigenvalue weighted by molar-refractivity contribution is -0.938. The second kappa shape index (κ2) is 25.5. The summed E-state index contributed by atoms with van der Waals surface area (Å²) in [6.07, 6.45) is 17.3. The lowest BCUT2D eigenvalue weighted by atomic mass is 10.0. The van der Waals surface area contributed by atoms with Crippen LogP contribution in [0.25, 0.3) is 0 Å². The van der Waals surface area contributed by atoms with Crippen LogP contribution in [0.15, 0.2) is 30.3 Å². The van der Waals surface area contributed by atoms with Crippen molar-refractivity contribution in [1.82, 2.24) is 4.90 Å². The van der Waals surface area contributed by atoms with E-state index in [1.54, 1.807) is 0 Å². The van der Waals surface area contributed by atoms with Crippen molar-refractivity contribution in [2.45, 2.75) is 104 Å². The second-order valence-corrected chi connectivity index (χ2v) is 9.57. The summed E-state index contributed by atoms with van der Waals surface area (Å²) in [7, 11) is 6.00. The Kier molecular flexibility index (Phi) is 29.1. The monoisotopic (exact) mass is 534 g/mol. The van der Waals surface area contributed by atoms with Gasteiger partial charge in [-0.2, -0.15) is 0 Å². The number of quaternary nitrogens is 1. The number of hydrogen-bond acceptors (Lipinski definition) is 1. The third-order valence-corrected chi connectivity index (χ3v) is 6.19. The van der Waals surface area contributed by atoms with Gasteiger partial charge in [0.1, 0.15) is 6.54 Å². The van der Waals surface area contributed by atoms with E-state index in [0.717, 1.165) is 0 Å². The van der Waals surface area contributed by atoms with Gasteiger partial charge in [-0.25, -0.2) is 0 Å². The van der Waals surface area contributed by atoms with Gasteiger partial charge in [0.25, 0.3) is 0 Å². The Morgan fingerprint density at radius 2 is 1.00 bits per heavy atom. The van der Waals surface area contributed by atoms with Crippen LogP contribution in [0.2, 0.25) is 0 Å². The standard InChI is InChI=1S/C25H46N.C3H9N.BrH.ClH/c1-4-7-8-9-10-11-12-13-14-15-16-20-23-26(5-2,6-3)24-25-21-18-17-19-22-25;1-4(2)3;;/h17-19,21-22H,4-16,20,23-24H2,1-3H3;1-3H3;2*1H/q+1;;;/p-1. The Morgan fingerprint density at radius 3 is 1.38 bits per heavy atom. The van der Waals surface area contributed by atoms with Gasteiger partial charge in [-0.3, -0.25) is 0 Å². The molecule has 192 valence electrons. The lowest BCUT2D eigenvalue weighted by Crippen LogP contribution is -3.00. The molecular formula is C28H56BrClN2. The van der Waals surface area contributed by atoms with Gasteiger partial charge in [-0.15, -0.1) is 12.4 Å². The van der Waals surface area contributed by atoms with Crippen LogP contribution in [0, 0.1) is 0 Å². The zero-order chi connectivity index (χ0) is 22.5. The quantitative estimate of drug-likeness (QED) is 0.192. The molecule has 0 spiro atoms. The molecule has 0 amide bonds. The largest absolute Gasteiger partial charge is 1.00 e. The zero-order valence-corrected chi connectivity index (χ0v) is 24.8. The molecule has 0 unspecified atom stereocenters. The molecule has 0 atom stereocenters. The molecule has 0 aliphatic heterocycles. The average molecular weight is 536 g/mol. The van der Waals surface area contributed by atoms with Crippen molar-refractivity contribution in [1.29, 1.82) is 0 Å². The van der Waals surface area contributed by atoms with Crippen molar-refractivity contribution in [3.05, 3.63) is 35.9 Å². The van der Waals surface area contributed by atoms with E-state index in [4.69, 9.17) is 0 Å². The second-order valence-electron chi connectivity index (χ2n) is 9.57. The number of halogens is 2. The fourth-order valence-corrected chi connectivity index (χ4v) is 4.10. The molecular weight excluding hydrogens is 480 g/mol. The smallest absolute Gasteiger partial charge is 0.104 e. The van der Waals surface area contributed by atoms with Gasteiger partial charge in [0, 0.05) is 5.56 Å². The van der Waals surface area contributed by atoms with Crippen LogP contribution in [0.5, 0.6) is 0 Å². The SMILES string of the molecule is CCCCCCCCCCCCCC[N+](CC)(CC)Cc1ccccc1.CN(C)C.Cl.[Br-]. The summed E-state index contributed by atoms with van der Waals surface area (Å²) in [5.74, 6) is 0. The van der Waals surface area contributed by atoms with E-state index in [9.17, 15) is 0 Å². The molecule has 0 aromatic heterocycles. The van der Waals surface area contributed by atoms with Gasteiger partial charge in [-0.05, 0) is 47.8 Å². The molecule has 0 N–H and O–H groups in total. The fourth-order valence-electron chi connectivity index (χ4n) is 4.10. The molecule has 0 radical (unpaired) electrons. The van der Waals surface area contributed by atoms with E-state index in [1.807, 2.05) is 26.0 Å². The van der Waals surface area contributed by atoms with Crippen LogP contribution in [0.3, 0.4) is 0 Å². The third-order valence-electron chi connectivity index (χ3n) is 6.19. The van der Waals surface area contributed by atoms with Crippen LogP contribution in [0.4, 0.5) is 0 Å². The van der Waals surface area contributed by atoms with Crippen LogP contribution >= 0.6 is 12.4 Å². The first-order chi connectivity index (χ1) is 14.5. The van der Waals surface area contributed by atoms with E-state index in [1.165, 1.54) is 113 Å². The molecule has 1 aromatic rings. The van der Waals surface area contributed by atoms with Gasteiger partial charge in [0.2, 0.25) is 0 Å². The minimum atomic E-state index is 0. The molecule has 0 aliphatic carbocycles. The average Bonchev–Trinajstić information content (AvgIpc) is 2.74. The highest BCUT2D eigenvalue weighted by molar-refractivity contribution is 5.85. The molecule has 0 heterocycles. The first kappa shape index (κ1) is 36.5. The van der Waals surface area contributed by atoms with Crippen LogP contribution in [-0.2, 0) is 6.54 Å². The summed E-state index contributed by atoms with van der Waals surface area (Å²) in [6, 6.07) is 11.1. The first-order valence-electron chi connectivity index (χ1n) is 13.0. The molecule has 4 heteroatoms. The summed E-state index contributed by atoms with van der Waals surface area (Å²) in [5, 5.41) is 0. The van der Waals surface area contributed by atoms with Crippen molar-refractivity contribution in [2.24, 2.45) is 0 Å². The van der Waals surface area contributed by atoms with E-state index in [0.29, 0.717) is 0 Å². The highest BCUT2D eigenvalue weighted by Crippen LogP contribution is 2.17. The zero-order valence-electron chi connectivity index (χ0n) is 22.4. The van der Waals surface area contributed by atoms with Gasteiger partial charge < -0.3 is 26.4 Å². The normalized spacial score (nSPS) is 10.7. The predicted octanol–water partition coefficient (Wildman–Crippen LogP) is 5.35. The van der Waals surface area contributed by atoms with Crippen molar-refractivity contribution >= 4 is 12.4 Å². The molecule has 32 heavy (non-hydrogen) atoms. The van der Waals surface area contributed by atoms with Crippen molar-refractivity contribution < 1.29 is 21.5 Å². The summed E-state index contributed by atoms with van der Waals surface area (Å²) < 4.78 is 1.25. The van der Waals surface area contributed by atoms with E-state index in [-0.39, 0.29) is 29.4 Å². The number of benzene rings is 1. The maximum absolute atomic E-state index is 2.37. The maximum atomic E-state index is 2.37. The molecule has 0 aliphatic rings. The molecule has 0 saturated heterocycles. The predicted molar refractivity (Wildman–Crippen MR) is 144 cm³/mol. The van der Waals surface area contributed by atoms with Gasteiger partial charge in [0.05, 0.1) is 19.6 Å². The Hall–Kier alpha value is -0.0900. The number of unbranched alkanes of at least 4 members (excludes halogenated alkanes) is 11. The van der Waals surface area contributed by atoms with Crippen molar-refractivity contribution in [2.75, 3.05) is 40.8 Å². The van der Waals surface area contributed by atoms with Gasteiger partial charge >= 0.3 is 0 Å². The summed E-state index contributed by atoms with van der Waals surface area (Å²) in [5.41, 5.74) is 1.50. The lowest BCUT2D eigenvalue weighted by Gasteiger charge is -2.37. The Balaban J connectivity index is -0.00000129. The number of hydrogen-bond donors (Lipinski definition) is 0. The maximum Gasteiger partial charge on any atom is 0.104 e.